The fourth-order valence-corrected chi connectivity index (χ4v) is 5.75. The van der Waals surface area contributed by atoms with Gasteiger partial charge in [-0.3, -0.25) is 14.4 Å². The molecule has 0 aromatic heterocycles. The van der Waals surface area contributed by atoms with Gasteiger partial charge in [0.25, 0.3) is 0 Å². The first-order valence-electron chi connectivity index (χ1n) is 9.36. The third kappa shape index (κ3) is 2.56. The van der Waals surface area contributed by atoms with Gasteiger partial charge in [-0.05, 0) is 30.8 Å². The van der Waals surface area contributed by atoms with E-state index in [-0.39, 0.29) is 60.0 Å². The van der Waals surface area contributed by atoms with Gasteiger partial charge in [-0.15, -0.1) is 0 Å². The molecule has 0 heterocycles. The predicted octanol–water partition coefficient (Wildman–Crippen LogP) is 3.38. The molecule has 0 aromatic rings. The van der Waals surface area contributed by atoms with Gasteiger partial charge in [-0.25, -0.2) is 0 Å². The van der Waals surface area contributed by atoms with Crippen LogP contribution >= 0.6 is 0 Å². The second kappa shape index (κ2) is 5.87. The number of hydrogen-bond acceptors (Lipinski definition) is 4. The van der Waals surface area contributed by atoms with Crippen molar-refractivity contribution in [3.05, 3.63) is 11.6 Å². The van der Waals surface area contributed by atoms with E-state index in [4.69, 9.17) is 4.74 Å². The van der Waals surface area contributed by atoms with Crippen LogP contribution < -0.4 is 0 Å². The van der Waals surface area contributed by atoms with E-state index in [0.29, 0.717) is 5.57 Å². The zero-order valence-electron chi connectivity index (χ0n) is 16.2. The molecule has 0 bridgehead atoms. The summed E-state index contributed by atoms with van der Waals surface area (Å²) in [6.45, 7) is 9.66. The van der Waals surface area contributed by atoms with E-state index >= 15 is 0 Å². The van der Waals surface area contributed by atoms with Gasteiger partial charge in [0.2, 0.25) is 0 Å². The molecule has 0 amide bonds. The molecule has 2 fully saturated rings. The average Bonchev–Trinajstić information content (AvgIpc) is 2.93. The van der Waals surface area contributed by atoms with Crippen LogP contribution in [-0.2, 0) is 19.1 Å². The summed E-state index contributed by atoms with van der Waals surface area (Å²) in [6.07, 6.45) is 3.21. The number of hydrogen-bond donors (Lipinski definition) is 0. The van der Waals surface area contributed by atoms with Gasteiger partial charge in [0.15, 0.2) is 5.78 Å². The number of allylic oxidation sites excluding steroid dienone is 1. The van der Waals surface area contributed by atoms with Crippen molar-refractivity contribution in [3.8, 4) is 0 Å². The number of rotatable bonds is 1. The normalized spacial score (nSPS) is 45.9. The smallest absolute Gasteiger partial charge is 0.158 e. The minimum absolute atomic E-state index is 0.0537. The van der Waals surface area contributed by atoms with E-state index in [2.05, 4.69) is 6.92 Å². The van der Waals surface area contributed by atoms with E-state index in [1.807, 2.05) is 33.8 Å². The second-order valence-electron chi connectivity index (χ2n) is 9.23. The van der Waals surface area contributed by atoms with E-state index in [1.54, 1.807) is 7.11 Å². The maximum Gasteiger partial charge on any atom is 0.158 e. The first-order chi connectivity index (χ1) is 11.5. The summed E-state index contributed by atoms with van der Waals surface area (Å²) < 4.78 is 5.69. The highest BCUT2D eigenvalue weighted by Crippen LogP contribution is 2.57. The number of carbonyl (C=O) groups is 3. The molecule has 4 heteroatoms. The van der Waals surface area contributed by atoms with Gasteiger partial charge in [0, 0.05) is 42.6 Å². The van der Waals surface area contributed by atoms with Crippen molar-refractivity contribution < 1.29 is 19.1 Å². The molecule has 3 aliphatic rings. The van der Waals surface area contributed by atoms with E-state index in [0.717, 1.165) is 6.42 Å². The van der Waals surface area contributed by atoms with Crippen molar-refractivity contribution in [3.63, 3.8) is 0 Å². The van der Waals surface area contributed by atoms with Gasteiger partial charge < -0.3 is 4.74 Å². The van der Waals surface area contributed by atoms with Crippen molar-refractivity contribution in [2.24, 2.45) is 34.5 Å². The summed E-state index contributed by atoms with van der Waals surface area (Å²) >= 11 is 0. The van der Waals surface area contributed by atoms with Crippen LogP contribution in [0.3, 0.4) is 0 Å². The van der Waals surface area contributed by atoms with Crippen LogP contribution in [0.1, 0.15) is 53.9 Å². The SMILES string of the molecule is CO[C@@H]1[C@H]2/C=C(/C)C(=O)C[C@H]3C(C)(C)C(=O)C[C@@]3(C)C(=O)[C@H]2C[C@H]1C. The molecule has 0 aromatic carbocycles. The molecular weight excluding hydrogens is 316 g/mol. The van der Waals surface area contributed by atoms with Crippen molar-refractivity contribution in [1.29, 1.82) is 0 Å². The zero-order chi connectivity index (χ0) is 18.7. The third-order valence-corrected chi connectivity index (χ3v) is 7.36. The molecule has 25 heavy (non-hydrogen) atoms. The Bertz CT molecular complexity index is 659. The van der Waals surface area contributed by atoms with Crippen LogP contribution in [0.15, 0.2) is 11.6 Å². The lowest BCUT2D eigenvalue weighted by Crippen LogP contribution is -2.41. The molecule has 0 radical (unpaired) electrons. The second-order valence-corrected chi connectivity index (χ2v) is 9.23. The monoisotopic (exact) mass is 346 g/mol. The van der Waals surface area contributed by atoms with Crippen LogP contribution in [-0.4, -0.2) is 30.6 Å². The van der Waals surface area contributed by atoms with Gasteiger partial charge in [0.05, 0.1) is 6.10 Å². The van der Waals surface area contributed by atoms with Crippen molar-refractivity contribution >= 4 is 17.3 Å². The summed E-state index contributed by atoms with van der Waals surface area (Å²) in [5.74, 6) is 0.102. The third-order valence-electron chi connectivity index (χ3n) is 7.36. The number of fused-ring (bicyclic) bond motifs is 2. The van der Waals surface area contributed by atoms with Gasteiger partial charge in [-0.1, -0.05) is 33.8 Å². The van der Waals surface area contributed by atoms with E-state index < -0.39 is 10.8 Å². The number of Topliss-reactive ketones (excluding diaryl/α,β-unsaturated/α-hetero) is 3. The van der Waals surface area contributed by atoms with Crippen LogP contribution in [0.2, 0.25) is 0 Å². The molecule has 2 saturated carbocycles. The largest absolute Gasteiger partial charge is 0.381 e. The molecule has 0 N–H and O–H groups in total. The highest BCUT2D eigenvalue weighted by molar-refractivity contribution is 6.02. The topological polar surface area (TPSA) is 60.4 Å². The summed E-state index contributed by atoms with van der Waals surface area (Å²) in [5, 5.41) is 0. The molecule has 0 saturated heterocycles. The minimum atomic E-state index is -0.750. The summed E-state index contributed by atoms with van der Waals surface area (Å²) in [6, 6.07) is 0. The molecule has 138 valence electrons. The van der Waals surface area contributed by atoms with Gasteiger partial charge >= 0.3 is 0 Å². The number of ether oxygens (including phenoxy) is 1. The van der Waals surface area contributed by atoms with Crippen molar-refractivity contribution in [2.45, 2.75) is 60.0 Å². The van der Waals surface area contributed by atoms with Crippen LogP contribution in [0.5, 0.6) is 0 Å². The molecular formula is C21H30O4. The average molecular weight is 346 g/mol. The Labute approximate surface area is 150 Å². The lowest BCUT2D eigenvalue weighted by atomic mass is 9.64. The van der Waals surface area contributed by atoms with Crippen LogP contribution in [0, 0.1) is 34.5 Å². The minimum Gasteiger partial charge on any atom is -0.381 e. The van der Waals surface area contributed by atoms with Crippen molar-refractivity contribution in [2.75, 3.05) is 7.11 Å². The van der Waals surface area contributed by atoms with Crippen LogP contribution in [0.25, 0.3) is 0 Å². The number of methoxy groups -OCH3 is 1. The molecule has 3 aliphatic carbocycles. The first kappa shape index (κ1) is 18.5. The lowest BCUT2D eigenvalue weighted by molar-refractivity contribution is -0.137. The Hall–Kier alpha value is -1.29. The first-order valence-corrected chi connectivity index (χ1v) is 9.36. The van der Waals surface area contributed by atoms with Crippen molar-refractivity contribution in [1.82, 2.24) is 0 Å². The Balaban J connectivity index is 2.14. The number of ketones is 3. The maximum atomic E-state index is 13.6. The lowest BCUT2D eigenvalue weighted by Gasteiger charge is -2.37. The highest BCUT2D eigenvalue weighted by Gasteiger charge is 2.61. The molecule has 0 spiro atoms. The van der Waals surface area contributed by atoms with Gasteiger partial charge in [-0.2, -0.15) is 0 Å². The van der Waals surface area contributed by atoms with E-state index in [1.165, 1.54) is 0 Å². The summed E-state index contributed by atoms with van der Waals surface area (Å²) in [4.78, 5) is 39.2. The summed E-state index contributed by atoms with van der Waals surface area (Å²) in [5.41, 5.74) is -0.677. The molecule has 4 nitrogen and oxygen atoms in total. The quantitative estimate of drug-likeness (QED) is 0.730. The Morgan fingerprint density at radius 2 is 1.80 bits per heavy atom. The fourth-order valence-electron chi connectivity index (χ4n) is 5.75. The Morgan fingerprint density at radius 3 is 2.40 bits per heavy atom. The Kier molecular flexibility index (Phi) is 4.34. The molecule has 3 rings (SSSR count). The predicted molar refractivity (Wildman–Crippen MR) is 94.9 cm³/mol. The standard InChI is InChI=1S/C21H30O4/c1-11-7-13-14(8-12(2)18(13)25-6)19(24)21(5)10-17(23)20(3,4)16(21)9-15(11)22/h7,12-14,16,18H,8-10H2,1-6H3/b11-7-/t12-,13+,14+,16+,18+,21-/m1/s1. The highest BCUT2D eigenvalue weighted by atomic mass is 16.5. The fraction of sp³-hybridized carbons (Fsp3) is 0.762. The molecule has 0 aliphatic heterocycles. The summed E-state index contributed by atoms with van der Waals surface area (Å²) in [7, 11) is 1.68. The van der Waals surface area contributed by atoms with Crippen LogP contribution in [0.4, 0.5) is 0 Å². The Morgan fingerprint density at radius 1 is 1.16 bits per heavy atom. The van der Waals surface area contributed by atoms with Gasteiger partial charge in [0.1, 0.15) is 11.6 Å². The molecule has 0 unspecified atom stereocenters. The van der Waals surface area contributed by atoms with E-state index in [9.17, 15) is 14.4 Å². The molecule has 6 atom stereocenters. The number of carbonyl (C=O) groups excluding carboxylic acids is 3. The maximum absolute atomic E-state index is 13.6. The zero-order valence-corrected chi connectivity index (χ0v) is 16.2.